The Balaban J connectivity index is 2.49. The van der Waals surface area contributed by atoms with E-state index in [0.717, 1.165) is 0 Å². The molecule has 1 saturated heterocycles. The van der Waals surface area contributed by atoms with Gasteiger partial charge < -0.3 is 15.7 Å². The molecule has 3 N–H and O–H groups in total. The van der Waals surface area contributed by atoms with Crippen LogP contribution in [0.25, 0.3) is 0 Å². The van der Waals surface area contributed by atoms with Crippen LogP contribution in [0.5, 0.6) is 0 Å². The molecule has 0 aromatic rings. The van der Waals surface area contributed by atoms with Crippen molar-refractivity contribution < 1.29 is 19.5 Å². The number of hydrogen-bond donors (Lipinski definition) is 3. The smallest absolute Gasteiger partial charge is 0.303 e. The maximum Gasteiger partial charge on any atom is 0.303 e. The zero-order valence-electron chi connectivity index (χ0n) is 7.74. The third kappa shape index (κ3) is 2.45. The Hall–Kier alpha value is -1.59. The number of amides is 2. The molecule has 0 radical (unpaired) electrons. The van der Waals surface area contributed by atoms with Gasteiger partial charge in [-0.15, -0.1) is 0 Å². The van der Waals surface area contributed by atoms with E-state index >= 15 is 0 Å². The fourth-order valence-corrected chi connectivity index (χ4v) is 1.21. The van der Waals surface area contributed by atoms with E-state index in [2.05, 4.69) is 10.6 Å². The van der Waals surface area contributed by atoms with Crippen LogP contribution in [0.3, 0.4) is 0 Å². The van der Waals surface area contributed by atoms with Crippen LogP contribution in [0.4, 0.5) is 0 Å². The number of carboxylic acid groups (broad SMARTS) is 1. The average molecular weight is 200 g/mol. The lowest BCUT2D eigenvalue weighted by Gasteiger charge is -2.27. The van der Waals surface area contributed by atoms with Gasteiger partial charge in [-0.3, -0.25) is 14.4 Å². The van der Waals surface area contributed by atoms with Crippen molar-refractivity contribution in [2.75, 3.05) is 0 Å². The number of carboxylic acids is 1. The van der Waals surface area contributed by atoms with Gasteiger partial charge >= 0.3 is 5.97 Å². The highest BCUT2D eigenvalue weighted by Gasteiger charge is 2.30. The summed E-state index contributed by atoms with van der Waals surface area (Å²) in [4.78, 5) is 32.6. The summed E-state index contributed by atoms with van der Waals surface area (Å²) in [5, 5.41) is 13.3. The van der Waals surface area contributed by atoms with Crippen molar-refractivity contribution in [3.05, 3.63) is 0 Å². The van der Waals surface area contributed by atoms with Gasteiger partial charge in [0.1, 0.15) is 12.1 Å². The lowest BCUT2D eigenvalue weighted by atomic mass is 10.1. The molecule has 0 aromatic carbocycles. The van der Waals surface area contributed by atoms with Crippen LogP contribution in [-0.4, -0.2) is 35.0 Å². The van der Waals surface area contributed by atoms with Gasteiger partial charge in [0.05, 0.1) is 0 Å². The van der Waals surface area contributed by atoms with Crippen molar-refractivity contribution >= 4 is 17.8 Å². The highest BCUT2D eigenvalue weighted by molar-refractivity contribution is 5.96. The Morgan fingerprint density at radius 1 is 1.36 bits per heavy atom. The Morgan fingerprint density at radius 2 is 2.00 bits per heavy atom. The second-order valence-corrected chi connectivity index (χ2v) is 3.22. The minimum Gasteiger partial charge on any atom is -0.481 e. The average Bonchev–Trinajstić information content (AvgIpc) is 2.09. The molecule has 6 heteroatoms. The van der Waals surface area contributed by atoms with Gasteiger partial charge in [-0.05, 0) is 13.3 Å². The zero-order valence-corrected chi connectivity index (χ0v) is 7.74. The third-order valence-corrected chi connectivity index (χ3v) is 2.03. The van der Waals surface area contributed by atoms with E-state index in [9.17, 15) is 14.4 Å². The summed E-state index contributed by atoms with van der Waals surface area (Å²) < 4.78 is 0. The molecule has 0 spiro atoms. The number of aliphatic carboxylic acids is 1. The largest absolute Gasteiger partial charge is 0.481 e. The van der Waals surface area contributed by atoms with E-state index in [1.54, 1.807) is 6.92 Å². The summed E-state index contributed by atoms with van der Waals surface area (Å²) in [5.74, 6) is -1.58. The standard InChI is InChI=1S/C8H12N2O4/c1-4-7(13)10-5(8(14)9-4)2-3-6(11)12/h4-5H,2-3H2,1H3,(H,9,14)(H,10,13)(H,11,12)/t4-,5+/m0/s1. The van der Waals surface area contributed by atoms with Gasteiger partial charge in [-0.1, -0.05) is 0 Å². The molecule has 0 aliphatic carbocycles. The lowest BCUT2D eigenvalue weighted by Crippen LogP contribution is -2.60. The molecule has 2 atom stereocenters. The molecule has 78 valence electrons. The van der Waals surface area contributed by atoms with Crippen molar-refractivity contribution in [2.24, 2.45) is 0 Å². The summed E-state index contributed by atoms with van der Waals surface area (Å²) in [6.07, 6.45) is -0.00757. The number of hydrogen-bond acceptors (Lipinski definition) is 3. The monoisotopic (exact) mass is 200 g/mol. The SMILES string of the molecule is C[C@@H]1NC(=O)[C@@H](CCC(=O)O)NC1=O. The van der Waals surface area contributed by atoms with Gasteiger partial charge in [0.15, 0.2) is 0 Å². The minimum absolute atomic E-state index is 0.125. The Labute approximate surface area is 80.7 Å². The van der Waals surface area contributed by atoms with E-state index in [1.807, 2.05) is 0 Å². The topological polar surface area (TPSA) is 95.5 Å². The van der Waals surface area contributed by atoms with E-state index in [-0.39, 0.29) is 24.7 Å². The number of nitrogens with one attached hydrogen (secondary N) is 2. The molecule has 0 bridgehead atoms. The summed E-state index contributed by atoms with van der Waals surface area (Å²) in [6.45, 7) is 1.57. The van der Waals surface area contributed by atoms with Crippen LogP contribution in [0.15, 0.2) is 0 Å². The third-order valence-electron chi connectivity index (χ3n) is 2.03. The van der Waals surface area contributed by atoms with E-state index < -0.39 is 18.1 Å². The van der Waals surface area contributed by atoms with Gasteiger partial charge in [-0.2, -0.15) is 0 Å². The van der Waals surface area contributed by atoms with Crippen LogP contribution < -0.4 is 10.6 Å². The van der Waals surface area contributed by atoms with E-state index in [1.165, 1.54) is 0 Å². The molecular weight excluding hydrogens is 188 g/mol. The summed E-state index contributed by atoms with van der Waals surface area (Å²) in [6, 6.07) is -1.25. The number of piperazine rings is 1. The molecule has 1 aliphatic heterocycles. The molecule has 0 unspecified atom stereocenters. The molecular formula is C8H12N2O4. The van der Waals surface area contributed by atoms with Crippen LogP contribution in [0.2, 0.25) is 0 Å². The lowest BCUT2D eigenvalue weighted by molar-refractivity contribution is -0.139. The highest BCUT2D eigenvalue weighted by Crippen LogP contribution is 2.03. The first-order valence-electron chi connectivity index (χ1n) is 4.33. The van der Waals surface area contributed by atoms with Crippen molar-refractivity contribution in [1.29, 1.82) is 0 Å². The molecule has 1 rings (SSSR count). The van der Waals surface area contributed by atoms with Crippen molar-refractivity contribution in [3.8, 4) is 0 Å². The Kier molecular flexibility index (Phi) is 3.06. The van der Waals surface area contributed by atoms with Crippen LogP contribution >= 0.6 is 0 Å². The van der Waals surface area contributed by atoms with Crippen LogP contribution in [0.1, 0.15) is 19.8 Å². The number of carbonyl (C=O) groups is 3. The predicted molar refractivity (Wildman–Crippen MR) is 46.4 cm³/mol. The first kappa shape index (κ1) is 10.5. The first-order valence-corrected chi connectivity index (χ1v) is 4.33. The maximum atomic E-state index is 11.2. The van der Waals surface area contributed by atoms with Crippen molar-refractivity contribution in [3.63, 3.8) is 0 Å². The van der Waals surface area contributed by atoms with Crippen molar-refractivity contribution in [2.45, 2.75) is 31.8 Å². The van der Waals surface area contributed by atoms with Gasteiger partial charge in [0.25, 0.3) is 0 Å². The van der Waals surface area contributed by atoms with Gasteiger partial charge in [0, 0.05) is 6.42 Å². The molecule has 14 heavy (non-hydrogen) atoms. The molecule has 2 amide bonds. The van der Waals surface area contributed by atoms with Crippen LogP contribution in [0, 0.1) is 0 Å². The second-order valence-electron chi connectivity index (χ2n) is 3.22. The Morgan fingerprint density at radius 3 is 2.57 bits per heavy atom. The van der Waals surface area contributed by atoms with Crippen LogP contribution in [-0.2, 0) is 14.4 Å². The molecule has 6 nitrogen and oxygen atoms in total. The fraction of sp³-hybridized carbons (Fsp3) is 0.625. The maximum absolute atomic E-state index is 11.2. The molecule has 1 fully saturated rings. The van der Waals surface area contributed by atoms with Gasteiger partial charge in [-0.25, -0.2) is 0 Å². The molecule has 0 aromatic heterocycles. The van der Waals surface area contributed by atoms with Crippen molar-refractivity contribution in [1.82, 2.24) is 10.6 Å². The fourth-order valence-electron chi connectivity index (χ4n) is 1.21. The molecule has 1 aliphatic rings. The van der Waals surface area contributed by atoms with E-state index in [0.29, 0.717) is 0 Å². The highest BCUT2D eigenvalue weighted by atomic mass is 16.4. The first-order chi connectivity index (χ1) is 6.50. The second kappa shape index (κ2) is 4.08. The quantitative estimate of drug-likeness (QED) is 0.536. The molecule has 1 heterocycles. The summed E-state index contributed by atoms with van der Waals surface area (Å²) in [7, 11) is 0. The molecule has 0 saturated carbocycles. The normalized spacial score (nSPS) is 26.6. The minimum atomic E-state index is -0.981. The summed E-state index contributed by atoms with van der Waals surface area (Å²) >= 11 is 0. The number of rotatable bonds is 3. The van der Waals surface area contributed by atoms with Gasteiger partial charge in [0.2, 0.25) is 11.8 Å². The number of carbonyl (C=O) groups excluding carboxylic acids is 2. The summed E-state index contributed by atoms with van der Waals surface area (Å²) in [5.41, 5.74) is 0. The Bertz CT molecular complexity index is 277. The zero-order chi connectivity index (χ0) is 10.7. The van der Waals surface area contributed by atoms with E-state index in [4.69, 9.17) is 5.11 Å². The predicted octanol–water partition coefficient (Wildman–Crippen LogP) is -1.15.